The predicted octanol–water partition coefficient (Wildman–Crippen LogP) is 4.32. The smallest absolute Gasteiger partial charge is 0.256 e. The number of nitrogens with one attached hydrogen (secondary N) is 1. The second kappa shape index (κ2) is 9.13. The Balaban J connectivity index is 1.53. The number of rotatable bonds is 5. The highest BCUT2D eigenvalue weighted by Gasteiger charge is 2.43. The molecule has 4 nitrogen and oxygen atoms in total. The van der Waals surface area contributed by atoms with Crippen LogP contribution in [-0.4, -0.2) is 29.8 Å². The van der Waals surface area contributed by atoms with Crippen LogP contribution in [0.25, 0.3) is 0 Å². The molecule has 2 amide bonds. The molecule has 3 aromatic rings. The summed E-state index contributed by atoms with van der Waals surface area (Å²) in [6.45, 7) is 1.23. The highest BCUT2D eigenvalue weighted by molar-refractivity contribution is 5.95. The first-order chi connectivity index (χ1) is 15.1. The van der Waals surface area contributed by atoms with Crippen molar-refractivity contribution in [1.82, 2.24) is 10.2 Å². The van der Waals surface area contributed by atoms with Crippen LogP contribution in [0.15, 0.2) is 84.9 Å². The molecular weight excluding hydrogens is 391 g/mol. The van der Waals surface area contributed by atoms with Crippen LogP contribution in [0.3, 0.4) is 0 Å². The maximum atomic E-state index is 14.1. The van der Waals surface area contributed by atoms with Crippen molar-refractivity contribution in [3.8, 4) is 0 Å². The summed E-state index contributed by atoms with van der Waals surface area (Å²) >= 11 is 0. The largest absolute Gasteiger partial charge is 0.351 e. The van der Waals surface area contributed by atoms with Crippen molar-refractivity contribution in [2.75, 3.05) is 13.1 Å². The number of hydrogen-bond acceptors (Lipinski definition) is 2. The molecule has 0 bridgehead atoms. The number of hydrogen-bond donors (Lipinski definition) is 1. The topological polar surface area (TPSA) is 49.4 Å². The zero-order valence-electron chi connectivity index (χ0n) is 17.3. The van der Waals surface area contributed by atoms with Gasteiger partial charge in [0.1, 0.15) is 5.82 Å². The molecule has 0 aromatic heterocycles. The summed E-state index contributed by atoms with van der Waals surface area (Å²) in [5, 5.41) is 3.09. The van der Waals surface area contributed by atoms with Gasteiger partial charge in [0.2, 0.25) is 5.91 Å². The highest BCUT2D eigenvalue weighted by atomic mass is 19.1. The molecule has 1 N–H and O–H groups in total. The Morgan fingerprint density at radius 1 is 0.839 bits per heavy atom. The first-order valence-corrected chi connectivity index (χ1v) is 10.5. The van der Waals surface area contributed by atoms with Crippen LogP contribution in [-0.2, 0) is 16.8 Å². The standard InChI is InChI=1S/C26H25FN2O2/c27-23-14-8-7-13-22(23)24(30)29-17-15-26(16-18-29,21-11-5-2-6-12-21)25(31)28-19-20-9-3-1-4-10-20/h1-14H,15-19H2,(H,28,31). The summed E-state index contributed by atoms with van der Waals surface area (Å²) in [4.78, 5) is 27.9. The minimum atomic E-state index is -0.720. The van der Waals surface area contributed by atoms with Crippen LogP contribution in [0.1, 0.15) is 34.3 Å². The van der Waals surface area contributed by atoms with Crippen molar-refractivity contribution in [3.63, 3.8) is 0 Å². The predicted molar refractivity (Wildman–Crippen MR) is 118 cm³/mol. The molecule has 158 valence electrons. The molecule has 1 saturated heterocycles. The number of halogens is 1. The van der Waals surface area contributed by atoms with Gasteiger partial charge in [-0.3, -0.25) is 9.59 Å². The maximum absolute atomic E-state index is 14.1. The summed E-state index contributed by atoms with van der Waals surface area (Å²) in [6.07, 6.45) is 0.968. The molecule has 4 rings (SSSR count). The summed E-state index contributed by atoms with van der Waals surface area (Å²) in [7, 11) is 0. The Morgan fingerprint density at radius 2 is 1.42 bits per heavy atom. The number of piperidine rings is 1. The molecule has 5 heteroatoms. The minimum absolute atomic E-state index is 0.0412. The molecule has 0 aliphatic carbocycles. The number of nitrogens with zero attached hydrogens (tertiary/aromatic N) is 1. The fourth-order valence-electron chi connectivity index (χ4n) is 4.25. The molecule has 0 saturated carbocycles. The molecule has 1 heterocycles. The van der Waals surface area contributed by atoms with E-state index in [0.717, 1.165) is 11.1 Å². The fraction of sp³-hybridized carbons (Fsp3) is 0.231. The second-order valence-electron chi connectivity index (χ2n) is 7.89. The monoisotopic (exact) mass is 416 g/mol. The summed E-state index contributed by atoms with van der Waals surface area (Å²) < 4.78 is 14.1. The quantitative estimate of drug-likeness (QED) is 0.674. The lowest BCUT2D eigenvalue weighted by atomic mass is 9.72. The average Bonchev–Trinajstić information content (AvgIpc) is 2.83. The number of carbonyl (C=O) groups is 2. The van der Waals surface area contributed by atoms with Gasteiger partial charge in [0.05, 0.1) is 11.0 Å². The number of benzene rings is 3. The van der Waals surface area contributed by atoms with Crippen LogP contribution >= 0.6 is 0 Å². The van der Waals surface area contributed by atoms with Crippen LogP contribution in [0.5, 0.6) is 0 Å². The normalized spacial score (nSPS) is 15.3. The van der Waals surface area contributed by atoms with Crippen molar-refractivity contribution in [1.29, 1.82) is 0 Å². The van der Waals surface area contributed by atoms with E-state index in [1.54, 1.807) is 17.0 Å². The SMILES string of the molecule is O=C(c1ccccc1F)N1CCC(C(=O)NCc2ccccc2)(c2ccccc2)CC1. The molecule has 0 spiro atoms. The van der Waals surface area contributed by atoms with E-state index in [1.807, 2.05) is 60.7 Å². The zero-order valence-corrected chi connectivity index (χ0v) is 17.3. The van der Waals surface area contributed by atoms with Crippen molar-refractivity contribution in [3.05, 3.63) is 107 Å². The summed E-state index contributed by atoms with van der Waals surface area (Å²) in [6, 6.07) is 25.5. The van der Waals surface area contributed by atoms with Crippen LogP contribution < -0.4 is 5.32 Å². The molecular formula is C26H25FN2O2. The van der Waals surface area contributed by atoms with E-state index in [4.69, 9.17) is 0 Å². The molecule has 0 atom stereocenters. The third-order valence-electron chi connectivity index (χ3n) is 6.07. The van der Waals surface area contributed by atoms with E-state index in [2.05, 4.69) is 5.32 Å². The zero-order chi connectivity index (χ0) is 21.7. The maximum Gasteiger partial charge on any atom is 0.256 e. The van der Waals surface area contributed by atoms with Gasteiger partial charge in [-0.2, -0.15) is 0 Å². The summed E-state index contributed by atoms with van der Waals surface area (Å²) in [5.74, 6) is -0.891. The van der Waals surface area contributed by atoms with Gasteiger partial charge in [0.25, 0.3) is 5.91 Å². The van der Waals surface area contributed by atoms with E-state index in [9.17, 15) is 14.0 Å². The van der Waals surface area contributed by atoms with Crippen LogP contribution in [0, 0.1) is 5.82 Å². The highest BCUT2D eigenvalue weighted by Crippen LogP contribution is 2.36. The first-order valence-electron chi connectivity index (χ1n) is 10.5. The molecule has 3 aromatic carbocycles. The van der Waals surface area contributed by atoms with Gasteiger partial charge in [0.15, 0.2) is 0 Å². The first kappa shape index (κ1) is 20.8. The molecule has 1 aliphatic rings. The average molecular weight is 416 g/mol. The Hall–Kier alpha value is -3.47. The molecule has 1 aliphatic heterocycles. The van der Waals surface area contributed by atoms with E-state index in [-0.39, 0.29) is 17.4 Å². The summed E-state index contributed by atoms with van der Waals surface area (Å²) in [5.41, 5.74) is 1.33. The van der Waals surface area contributed by atoms with E-state index in [0.29, 0.717) is 32.5 Å². The number of amides is 2. The Bertz CT molecular complexity index is 1050. The van der Waals surface area contributed by atoms with Crippen molar-refractivity contribution in [2.24, 2.45) is 0 Å². The van der Waals surface area contributed by atoms with Crippen molar-refractivity contribution in [2.45, 2.75) is 24.8 Å². The van der Waals surface area contributed by atoms with E-state index < -0.39 is 11.2 Å². The Kier molecular flexibility index (Phi) is 6.12. The van der Waals surface area contributed by atoms with Gasteiger partial charge in [-0.05, 0) is 36.1 Å². The van der Waals surface area contributed by atoms with Crippen LogP contribution in [0.4, 0.5) is 4.39 Å². The minimum Gasteiger partial charge on any atom is -0.351 e. The number of carbonyl (C=O) groups excluding carboxylic acids is 2. The molecule has 1 fully saturated rings. The van der Waals surface area contributed by atoms with Gasteiger partial charge in [-0.1, -0.05) is 72.8 Å². The lowest BCUT2D eigenvalue weighted by Gasteiger charge is -2.41. The Labute approximate surface area is 181 Å². The lowest BCUT2D eigenvalue weighted by Crippen LogP contribution is -2.52. The third kappa shape index (κ3) is 4.36. The van der Waals surface area contributed by atoms with Gasteiger partial charge in [-0.25, -0.2) is 4.39 Å². The van der Waals surface area contributed by atoms with Crippen molar-refractivity contribution >= 4 is 11.8 Å². The van der Waals surface area contributed by atoms with Gasteiger partial charge in [0, 0.05) is 19.6 Å². The fourth-order valence-corrected chi connectivity index (χ4v) is 4.25. The van der Waals surface area contributed by atoms with Gasteiger partial charge < -0.3 is 10.2 Å². The second-order valence-corrected chi connectivity index (χ2v) is 7.89. The van der Waals surface area contributed by atoms with Gasteiger partial charge >= 0.3 is 0 Å². The van der Waals surface area contributed by atoms with Gasteiger partial charge in [-0.15, -0.1) is 0 Å². The van der Waals surface area contributed by atoms with E-state index >= 15 is 0 Å². The van der Waals surface area contributed by atoms with Crippen molar-refractivity contribution < 1.29 is 14.0 Å². The van der Waals surface area contributed by atoms with E-state index in [1.165, 1.54) is 12.1 Å². The Morgan fingerprint density at radius 3 is 2.06 bits per heavy atom. The number of likely N-dealkylation sites (tertiary alicyclic amines) is 1. The molecule has 0 unspecified atom stereocenters. The molecule has 31 heavy (non-hydrogen) atoms. The third-order valence-corrected chi connectivity index (χ3v) is 6.07. The van der Waals surface area contributed by atoms with Crippen LogP contribution in [0.2, 0.25) is 0 Å². The lowest BCUT2D eigenvalue weighted by molar-refractivity contribution is -0.128. The molecule has 0 radical (unpaired) electrons.